The molecule has 102 valence electrons. The molecule has 2 aromatic rings. The van der Waals surface area contributed by atoms with Crippen molar-refractivity contribution in [1.29, 1.82) is 0 Å². The van der Waals surface area contributed by atoms with Crippen molar-refractivity contribution in [2.24, 2.45) is 4.40 Å². The third-order valence-corrected chi connectivity index (χ3v) is 4.22. The molecule has 0 radical (unpaired) electrons. The lowest BCUT2D eigenvalue weighted by Gasteiger charge is -2.11. The van der Waals surface area contributed by atoms with Crippen molar-refractivity contribution in [2.75, 3.05) is 0 Å². The number of carbonyl (C=O) groups excluding carboxylic acids is 1. The lowest BCUT2D eigenvalue weighted by Crippen LogP contribution is -2.01. The van der Waals surface area contributed by atoms with Gasteiger partial charge in [-0.15, -0.1) is 0 Å². The van der Waals surface area contributed by atoms with Crippen molar-refractivity contribution >= 4 is 16.1 Å². The highest BCUT2D eigenvalue weighted by molar-refractivity contribution is 7.90. The summed E-state index contributed by atoms with van der Waals surface area (Å²) in [5.41, 5.74) is 3.22. The van der Waals surface area contributed by atoms with E-state index in [1.165, 1.54) is 6.07 Å². The van der Waals surface area contributed by atoms with Gasteiger partial charge in [0.05, 0.1) is 4.90 Å². The van der Waals surface area contributed by atoms with Gasteiger partial charge < -0.3 is 0 Å². The van der Waals surface area contributed by atoms with Crippen LogP contribution in [0.15, 0.2) is 51.8 Å². The second-order valence-electron chi connectivity index (χ2n) is 4.47. The first-order chi connectivity index (χ1) is 9.45. The summed E-state index contributed by atoms with van der Waals surface area (Å²) in [6.07, 6.45) is 1.10. The van der Waals surface area contributed by atoms with Gasteiger partial charge in [-0.3, -0.25) is 0 Å². The summed E-state index contributed by atoms with van der Waals surface area (Å²) < 4.78 is 27.0. The zero-order chi connectivity index (χ0) is 14.8. The number of sulfonamides is 1. The summed E-state index contributed by atoms with van der Waals surface area (Å²) in [4.78, 5) is 10.3. The Balaban J connectivity index is 2.76. The molecular weight excluding hydrogens is 274 g/mol. The standard InChI is InChI=1S/C15H13NO3S/c1-11-6-8-13(9-7-11)15-12(2)4-3-5-14(15)20(18,19)16-10-17/h3-9H,1-2H3. The van der Waals surface area contributed by atoms with Crippen LogP contribution in [0.25, 0.3) is 11.1 Å². The predicted octanol–water partition coefficient (Wildman–Crippen LogP) is 2.99. The summed E-state index contributed by atoms with van der Waals surface area (Å²) in [6, 6.07) is 12.4. The van der Waals surface area contributed by atoms with Crippen LogP contribution in [0.4, 0.5) is 0 Å². The quantitative estimate of drug-likeness (QED) is 0.644. The van der Waals surface area contributed by atoms with Gasteiger partial charge in [0.25, 0.3) is 16.1 Å². The van der Waals surface area contributed by atoms with Crippen molar-refractivity contribution in [3.63, 3.8) is 0 Å². The predicted molar refractivity (Wildman–Crippen MR) is 76.7 cm³/mol. The third kappa shape index (κ3) is 2.69. The number of benzene rings is 2. The monoisotopic (exact) mass is 287 g/mol. The maximum atomic E-state index is 12.0. The lowest BCUT2D eigenvalue weighted by molar-refractivity contribution is 0.563. The molecule has 0 heterocycles. The molecule has 0 saturated carbocycles. The summed E-state index contributed by atoms with van der Waals surface area (Å²) in [7, 11) is -4.02. The van der Waals surface area contributed by atoms with Crippen LogP contribution in [0.5, 0.6) is 0 Å². The van der Waals surface area contributed by atoms with Gasteiger partial charge in [-0.05, 0) is 31.0 Å². The van der Waals surface area contributed by atoms with Crippen molar-refractivity contribution < 1.29 is 13.2 Å². The zero-order valence-electron chi connectivity index (χ0n) is 11.1. The van der Waals surface area contributed by atoms with Crippen molar-refractivity contribution in [3.8, 4) is 11.1 Å². The maximum absolute atomic E-state index is 12.0. The van der Waals surface area contributed by atoms with Gasteiger partial charge in [0.2, 0.25) is 0 Å². The average Bonchev–Trinajstić information content (AvgIpc) is 2.40. The minimum Gasteiger partial charge on any atom is -0.210 e. The lowest BCUT2D eigenvalue weighted by atomic mass is 10.00. The van der Waals surface area contributed by atoms with Crippen LogP contribution in [-0.4, -0.2) is 14.5 Å². The first kappa shape index (κ1) is 14.2. The Labute approximate surface area is 117 Å². The molecule has 0 amide bonds. The molecule has 0 aliphatic carbocycles. The molecule has 0 N–H and O–H groups in total. The Hall–Kier alpha value is -2.23. The minimum atomic E-state index is -4.02. The van der Waals surface area contributed by atoms with Crippen LogP contribution < -0.4 is 0 Å². The largest absolute Gasteiger partial charge is 0.293 e. The van der Waals surface area contributed by atoms with Crippen LogP contribution in [0.1, 0.15) is 11.1 Å². The highest BCUT2D eigenvalue weighted by Gasteiger charge is 2.20. The van der Waals surface area contributed by atoms with Crippen LogP contribution in [0.3, 0.4) is 0 Å². The summed E-state index contributed by atoms with van der Waals surface area (Å²) in [5, 5.41) is 0. The van der Waals surface area contributed by atoms with Crippen LogP contribution in [0.2, 0.25) is 0 Å². The Morgan fingerprint density at radius 2 is 1.65 bits per heavy atom. The summed E-state index contributed by atoms with van der Waals surface area (Å²) >= 11 is 0. The van der Waals surface area contributed by atoms with E-state index in [-0.39, 0.29) is 4.90 Å². The molecule has 0 saturated heterocycles. The number of aryl methyl sites for hydroxylation is 2. The maximum Gasteiger partial charge on any atom is 0.293 e. The first-order valence-electron chi connectivity index (χ1n) is 5.96. The molecule has 0 aliphatic rings. The minimum absolute atomic E-state index is 0.0182. The van der Waals surface area contributed by atoms with E-state index in [1.807, 2.05) is 44.2 Å². The van der Waals surface area contributed by atoms with Gasteiger partial charge >= 0.3 is 0 Å². The number of rotatable bonds is 3. The van der Waals surface area contributed by atoms with E-state index in [0.717, 1.165) is 22.8 Å². The number of hydrogen-bond acceptors (Lipinski definition) is 3. The fourth-order valence-corrected chi connectivity index (χ4v) is 3.03. The number of isocyanates is 1. The average molecular weight is 287 g/mol. The van der Waals surface area contributed by atoms with Gasteiger partial charge in [-0.1, -0.05) is 46.4 Å². The number of nitrogens with zero attached hydrogens (tertiary/aromatic N) is 1. The normalized spacial score (nSPS) is 10.9. The molecule has 5 heteroatoms. The molecule has 0 atom stereocenters. The second kappa shape index (κ2) is 5.41. The SMILES string of the molecule is Cc1ccc(-c2c(C)cccc2S(=O)(=O)N=C=O)cc1. The van der Waals surface area contributed by atoms with Crippen molar-refractivity contribution in [2.45, 2.75) is 18.7 Å². The first-order valence-corrected chi connectivity index (χ1v) is 7.40. The van der Waals surface area contributed by atoms with E-state index < -0.39 is 10.0 Å². The van der Waals surface area contributed by atoms with Crippen LogP contribution in [0, 0.1) is 13.8 Å². The fraction of sp³-hybridized carbons (Fsp3) is 0.133. The van der Waals surface area contributed by atoms with E-state index in [0.29, 0.717) is 5.56 Å². The van der Waals surface area contributed by atoms with E-state index in [9.17, 15) is 13.2 Å². The van der Waals surface area contributed by atoms with E-state index in [4.69, 9.17) is 0 Å². The molecule has 0 aliphatic heterocycles. The Morgan fingerprint density at radius 3 is 2.25 bits per heavy atom. The zero-order valence-corrected chi connectivity index (χ0v) is 11.9. The van der Waals surface area contributed by atoms with E-state index in [1.54, 1.807) is 6.07 Å². The fourth-order valence-electron chi connectivity index (χ4n) is 2.04. The van der Waals surface area contributed by atoms with Crippen molar-refractivity contribution in [3.05, 3.63) is 53.6 Å². The molecule has 0 aromatic heterocycles. The van der Waals surface area contributed by atoms with Gasteiger partial charge in [-0.2, -0.15) is 8.42 Å². The Morgan fingerprint density at radius 1 is 1.00 bits per heavy atom. The molecule has 0 spiro atoms. The van der Waals surface area contributed by atoms with Gasteiger partial charge in [-0.25, -0.2) is 4.79 Å². The Kier molecular flexibility index (Phi) is 3.84. The topological polar surface area (TPSA) is 63.6 Å². The molecule has 2 aromatic carbocycles. The van der Waals surface area contributed by atoms with Crippen LogP contribution >= 0.6 is 0 Å². The van der Waals surface area contributed by atoms with Crippen LogP contribution in [-0.2, 0) is 14.8 Å². The highest BCUT2D eigenvalue weighted by atomic mass is 32.2. The summed E-state index contributed by atoms with van der Waals surface area (Å²) in [6.45, 7) is 3.77. The molecule has 0 fully saturated rings. The molecule has 2 rings (SSSR count). The third-order valence-electron chi connectivity index (χ3n) is 3.01. The second-order valence-corrected chi connectivity index (χ2v) is 6.04. The molecule has 4 nitrogen and oxygen atoms in total. The van der Waals surface area contributed by atoms with Gasteiger partial charge in [0.1, 0.15) is 0 Å². The molecule has 0 unspecified atom stereocenters. The molecular formula is C15H13NO3S. The van der Waals surface area contributed by atoms with Gasteiger partial charge in [0, 0.05) is 5.56 Å². The summed E-state index contributed by atoms with van der Waals surface area (Å²) in [5.74, 6) is 0. The van der Waals surface area contributed by atoms with Crippen molar-refractivity contribution in [1.82, 2.24) is 0 Å². The molecule has 20 heavy (non-hydrogen) atoms. The smallest absolute Gasteiger partial charge is 0.210 e. The molecule has 0 bridgehead atoms. The van der Waals surface area contributed by atoms with E-state index >= 15 is 0 Å². The highest BCUT2D eigenvalue weighted by Crippen LogP contribution is 2.31. The Bertz CT molecular complexity index is 786. The number of hydrogen-bond donors (Lipinski definition) is 0. The van der Waals surface area contributed by atoms with Gasteiger partial charge in [0.15, 0.2) is 0 Å². The van der Waals surface area contributed by atoms with E-state index in [2.05, 4.69) is 4.40 Å².